The average Bonchev–Trinajstić information content (AvgIpc) is 3.13. The Balaban J connectivity index is 1.55. The van der Waals surface area contributed by atoms with Gasteiger partial charge in [0.05, 0.1) is 6.54 Å². The van der Waals surface area contributed by atoms with Crippen molar-refractivity contribution in [2.24, 2.45) is 0 Å². The zero-order chi connectivity index (χ0) is 37.3. The Bertz CT molecular complexity index is 1600. The summed E-state index contributed by atoms with van der Waals surface area (Å²) in [5.41, 5.74) is 2.86. The lowest BCUT2D eigenvalue weighted by molar-refractivity contribution is -0.126. The lowest BCUT2D eigenvalue weighted by Crippen LogP contribution is -2.47. The first-order valence-electron chi connectivity index (χ1n) is 19.5. The fourth-order valence-electron chi connectivity index (χ4n) is 6.86. The molecule has 3 aromatic carbocycles. The molecule has 280 valence electrons. The molecule has 52 heavy (non-hydrogen) atoms. The van der Waals surface area contributed by atoms with Crippen molar-refractivity contribution in [2.75, 3.05) is 26.2 Å². The second-order valence-corrected chi connectivity index (χ2v) is 15.2. The van der Waals surface area contributed by atoms with Gasteiger partial charge in [0.25, 0.3) is 11.8 Å². The number of fused-ring (bicyclic) bond motifs is 5. The topological polar surface area (TPSA) is 98.8 Å². The molecule has 4 amide bonds. The van der Waals surface area contributed by atoms with E-state index in [0.29, 0.717) is 43.6 Å². The van der Waals surface area contributed by atoms with E-state index in [4.69, 9.17) is 0 Å². The van der Waals surface area contributed by atoms with Gasteiger partial charge in [-0.15, -0.1) is 0 Å². The maximum atomic E-state index is 14.5. The van der Waals surface area contributed by atoms with Crippen LogP contribution >= 0.6 is 0 Å². The van der Waals surface area contributed by atoms with Crippen LogP contribution in [0.15, 0.2) is 78.9 Å². The molecule has 3 aromatic rings. The van der Waals surface area contributed by atoms with E-state index in [1.165, 1.54) is 44.9 Å². The van der Waals surface area contributed by atoms with Gasteiger partial charge in [-0.05, 0) is 81.0 Å². The Morgan fingerprint density at radius 2 is 1.21 bits per heavy atom. The molecule has 0 fully saturated rings. The van der Waals surface area contributed by atoms with Crippen molar-refractivity contribution in [3.63, 3.8) is 0 Å². The first-order chi connectivity index (χ1) is 25.1. The molecule has 1 unspecified atom stereocenters. The summed E-state index contributed by atoms with van der Waals surface area (Å²) in [6.07, 6.45) is 13.2. The summed E-state index contributed by atoms with van der Waals surface area (Å²) >= 11 is 0. The van der Waals surface area contributed by atoms with Crippen molar-refractivity contribution in [2.45, 2.75) is 116 Å². The summed E-state index contributed by atoms with van der Waals surface area (Å²) in [6.45, 7) is 9.09. The minimum atomic E-state index is -0.827. The molecule has 0 aromatic heterocycles. The fourth-order valence-corrected chi connectivity index (χ4v) is 6.86. The molecular formula is C44H60N4O4. The van der Waals surface area contributed by atoms with Crippen molar-refractivity contribution in [1.82, 2.24) is 20.4 Å². The van der Waals surface area contributed by atoms with Gasteiger partial charge in [0.2, 0.25) is 11.8 Å². The van der Waals surface area contributed by atoms with Gasteiger partial charge in [0.1, 0.15) is 6.04 Å². The SMILES string of the molecule is CCCCCCCCCCCCNC(=O)C(c1ccccc1)N1CCCCN(CC(=O)NC(C)(C)C)C(=O)c2cccc(c2)-c2cccc(c2)C1=O. The molecule has 0 saturated carbocycles. The average molecular weight is 709 g/mol. The Labute approximate surface area is 311 Å². The predicted molar refractivity (Wildman–Crippen MR) is 210 cm³/mol. The number of benzene rings is 3. The van der Waals surface area contributed by atoms with E-state index in [1.54, 1.807) is 21.9 Å². The van der Waals surface area contributed by atoms with E-state index >= 15 is 0 Å². The molecular weight excluding hydrogens is 649 g/mol. The maximum absolute atomic E-state index is 14.5. The molecule has 0 aliphatic carbocycles. The summed E-state index contributed by atoms with van der Waals surface area (Å²) in [7, 11) is 0. The largest absolute Gasteiger partial charge is 0.354 e. The van der Waals surface area contributed by atoms with Gasteiger partial charge in [-0.25, -0.2) is 0 Å². The third-order valence-corrected chi connectivity index (χ3v) is 9.53. The molecule has 0 saturated heterocycles. The van der Waals surface area contributed by atoms with Crippen molar-refractivity contribution in [1.29, 1.82) is 0 Å². The van der Waals surface area contributed by atoms with Gasteiger partial charge in [-0.2, -0.15) is 0 Å². The van der Waals surface area contributed by atoms with Crippen LogP contribution in [0.3, 0.4) is 0 Å². The first kappa shape index (κ1) is 40.3. The summed E-state index contributed by atoms with van der Waals surface area (Å²) < 4.78 is 0. The van der Waals surface area contributed by atoms with E-state index in [0.717, 1.165) is 36.0 Å². The summed E-state index contributed by atoms with van der Waals surface area (Å²) in [5.74, 6) is -0.877. The second kappa shape index (κ2) is 20.5. The standard InChI is InChI=1S/C44H60N4O4/c1-5-6-7-8-9-10-11-12-13-17-28-45-41(50)40(34-22-15-14-16-23-34)48-30-19-18-29-47(33-39(49)46-44(2,3)4)42(51)37-26-20-24-35(31-37)36-25-21-27-38(32-36)43(48)52/h14-16,20-27,31-32,40H,5-13,17-19,28-30,33H2,1-4H3,(H,45,50)(H,46,49). The molecule has 8 nitrogen and oxygen atoms in total. The molecule has 0 spiro atoms. The smallest absolute Gasteiger partial charge is 0.254 e. The van der Waals surface area contributed by atoms with Crippen molar-refractivity contribution < 1.29 is 19.2 Å². The zero-order valence-corrected chi connectivity index (χ0v) is 31.9. The Morgan fingerprint density at radius 1 is 0.673 bits per heavy atom. The van der Waals surface area contributed by atoms with Crippen LogP contribution in [0.1, 0.15) is 137 Å². The molecule has 4 bridgehead atoms. The number of hydrogen-bond acceptors (Lipinski definition) is 4. The van der Waals surface area contributed by atoms with Crippen LogP contribution < -0.4 is 10.6 Å². The van der Waals surface area contributed by atoms with Gasteiger partial charge >= 0.3 is 0 Å². The Morgan fingerprint density at radius 3 is 1.81 bits per heavy atom. The van der Waals surface area contributed by atoms with E-state index in [2.05, 4.69) is 17.6 Å². The molecule has 1 aliphatic heterocycles. The van der Waals surface area contributed by atoms with Crippen LogP contribution in [0.2, 0.25) is 0 Å². The number of rotatable bonds is 16. The molecule has 2 N–H and O–H groups in total. The lowest BCUT2D eigenvalue weighted by atomic mass is 9.98. The number of carbonyl (C=O) groups is 4. The van der Waals surface area contributed by atoms with Crippen molar-refractivity contribution in [3.05, 3.63) is 95.6 Å². The van der Waals surface area contributed by atoms with Crippen LogP contribution in [0.5, 0.6) is 0 Å². The molecule has 0 radical (unpaired) electrons. The maximum Gasteiger partial charge on any atom is 0.254 e. The number of nitrogens with one attached hydrogen (secondary N) is 2. The monoisotopic (exact) mass is 708 g/mol. The number of unbranched alkanes of at least 4 members (excludes halogenated alkanes) is 9. The number of hydrogen-bond donors (Lipinski definition) is 2. The summed E-state index contributed by atoms with van der Waals surface area (Å²) in [5, 5.41) is 6.14. The predicted octanol–water partition coefficient (Wildman–Crippen LogP) is 8.72. The van der Waals surface area contributed by atoms with E-state index in [1.807, 2.05) is 87.5 Å². The number of amides is 4. The van der Waals surface area contributed by atoms with Crippen LogP contribution in [0.4, 0.5) is 0 Å². The number of carbonyl (C=O) groups excluding carboxylic acids is 4. The van der Waals surface area contributed by atoms with E-state index in [9.17, 15) is 19.2 Å². The fraction of sp³-hybridized carbons (Fsp3) is 0.500. The highest BCUT2D eigenvalue weighted by atomic mass is 16.2. The highest BCUT2D eigenvalue weighted by Gasteiger charge is 2.32. The molecule has 1 atom stereocenters. The van der Waals surface area contributed by atoms with E-state index < -0.39 is 11.6 Å². The van der Waals surface area contributed by atoms with Crippen LogP contribution in [-0.2, 0) is 9.59 Å². The Kier molecular flexibility index (Phi) is 15.9. The summed E-state index contributed by atoms with van der Waals surface area (Å²) in [4.78, 5) is 58.8. The third kappa shape index (κ3) is 12.6. The molecule has 4 rings (SSSR count). The van der Waals surface area contributed by atoms with E-state index in [-0.39, 0.29) is 30.2 Å². The normalized spacial score (nSPS) is 14.5. The second-order valence-electron chi connectivity index (χ2n) is 15.2. The minimum absolute atomic E-state index is 0.0769. The van der Waals surface area contributed by atoms with Gasteiger partial charge < -0.3 is 20.4 Å². The van der Waals surface area contributed by atoms with Gasteiger partial charge in [-0.3, -0.25) is 19.2 Å². The third-order valence-electron chi connectivity index (χ3n) is 9.53. The molecule has 8 heteroatoms. The van der Waals surface area contributed by atoms with Gasteiger partial charge in [-0.1, -0.05) is 119 Å². The van der Waals surface area contributed by atoms with Crippen LogP contribution in [0, 0.1) is 0 Å². The van der Waals surface area contributed by atoms with Crippen LogP contribution in [0.25, 0.3) is 11.1 Å². The van der Waals surface area contributed by atoms with Crippen molar-refractivity contribution >= 4 is 23.6 Å². The highest BCUT2D eigenvalue weighted by molar-refractivity contribution is 6.00. The molecule has 1 aliphatic rings. The van der Waals surface area contributed by atoms with Crippen LogP contribution in [-0.4, -0.2) is 65.1 Å². The van der Waals surface area contributed by atoms with Gasteiger partial charge in [0, 0.05) is 36.3 Å². The lowest BCUT2D eigenvalue weighted by Gasteiger charge is -2.32. The van der Waals surface area contributed by atoms with Gasteiger partial charge in [0.15, 0.2) is 0 Å². The van der Waals surface area contributed by atoms with Crippen molar-refractivity contribution in [3.8, 4) is 11.1 Å². The first-order valence-corrected chi connectivity index (χ1v) is 19.5. The quantitative estimate of drug-likeness (QED) is 0.146. The summed E-state index contributed by atoms with van der Waals surface area (Å²) in [6, 6.07) is 23.4. The highest BCUT2D eigenvalue weighted by Crippen LogP contribution is 2.28. The minimum Gasteiger partial charge on any atom is -0.354 e. The Hall–Kier alpha value is -4.46. The molecule has 1 heterocycles. The zero-order valence-electron chi connectivity index (χ0n) is 31.9. The number of nitrogens with zero attached hydrogens (tertiary/aromatic N) is 2.